The van der Waals surface area contributed by atoms with Crippen molar-refractivity contribution in [1.82, 2.24) is 4.90 Å². The molecule has 1 saturated heterocycles. The van der Waals surface area contributed by atoms with E-state index in [1.54, 1.807) is 34.1 Å². The molecule has 2 amide bonds. The van der Waals surface area contributed by atoms with Crippen LogP contribution >= 0.6 is 0 Å². The molecule has 0 N–H and O–H groups in total. The summed E-state index contributed by atoms with van der Waals surface area (Å²) in [7, 11) is 7.13. The molecule has 0 saturated carbocycles. The summed E-state index contributed by atoms with van der Waals surface area (Å²) in [6.45, 7) is 2.57. The molecule has 1 fully saturated rings. The predicted molar refractivity (Wildman–Crippen MR) is 104 cm³/mol. The molecule has 0 unspecified atom stereocenters. The molecule has 0 atom stereocenters. The van der Waals surface area contributed by atoms with E-state index in [-0.39, 0.29) is 12.0 Å². The van der Waals surface area contributed by atoms with E-state index in [2.05, 4.69) is 0 Å². The van der Waals surface area contributed by atoms with Gasteiger partial charge in [-0.15, -0.1) is 0 Å². The summed E-state index contributed by atoms with van der Waals surface area (Å²) in [4.78, 5) is 28.2. The van der Waals surface area contributed by atoms with Crippen molar-refractivity contribution in [2.24, 2.45) is 0 Å². The summed E-state index contributed by atoms with van der Waals surface area (Å²) >= 11 is 0. The fraction of sp³-hybridized carbons (Fsp3) is 0.300. The van der Waals surface area contributed by atoms with Gasteiger partial charge in [-0.25, -0.2) is 9.59 Å². The van der Waals surface area contributed by atoms with Crippen LogP contribution in [0.25, 0.3) is 0 Å². The number of carbonyl (C=O) groups is 2. The molecule has 27 heavy (non-hydrogen) atoms. The Morgan fingerprint density at radius 3 is 2.30 bits per heavy atom. The maximum atomic E-state index is 13.1. The van der Waals surface area contributed by atoms with Crippen molar-refractivity contribution in [2.45, 2.75) is 6.54 Å². The van der Waals surface area contributed by atoms with Crippen LogP contribution in [0, 0.1) is 0 Å². The number of urea groups is 1. The van der Waals surface area contributed by atoms with Crippen molar-refractivity contribution < 1.29 is 19.1 Å². The molecule has 2 radical (unpaired) electrons. The van der Waals surface area contributed by atoms with Gasteiger partial charge in [0.2, 0.25) is 0 Å². The van der Waals surface area contributed by atoms with Crippen molar-refractivity contribution in [2.75, 3.05) is 38.3 Å². The fourth-order valence-electron chi connectivity index (χ4n) is 2.90. The number of nitrogens with zero attached hydrogens (tertiary/aromatic N) is 2. The Balaban J connectivity index is 1.83. The summed E-state index contributed by atoms with van der Waals surface area (Å²) in [6, 6.07) is 14.2. The highest BCUT2D eigenvalue weighted by atomic mass is 16.5. The molecule has 6 nitrogen and oxygen atoms in total. The van der Waals surface area contributed by atoms with E-state index in [4.69, 9.17) is 17.3 Å². The number of morpholine rings is 1. The lowest BCUT2D eigenvalue weighted by atomic mass is 9.96. The van der Waals surface area contributed by atoms with Gasteiger partial charge < -0.3 is 14.4 Å². The van der Waals surface area contributed by atoms with Gasteiger partial charge in [0, 0.05) is 18.8 Å². The third-order valence-corrected chi connectivity index (χ3v) is 4.43. The van der Waals surface area contributed by atoms with Gasteiger partial charge in [0.25, 0.3) is 0 Å². The average Bonchev–Trinajstić information content (AvgIpc) is 2.73. The molecular formula is C20H21BN2O4. The summed E-state index contributed by atoms with van der Waals surface area (Å²) in [5.41, 5.74) is 2.78. The molecule has 1 aliphatic heterocycles. The van der Waals surface area contributed by atoms with Crippen molar-refractivity contribution >= 4 is 31.0 Å². The smallest absolute Gasteiger partial charge is 0.337 e. The molecule has 2 aromatic carbocycles. The predicted octanol–water partition coefficient (Wildman–Crippen LogP) is 1.73. The zero-order valence-electron chi connectivity index (χ0n) is 15.3. The average molecular weight is 364 g/mol. The van der Waals surface area contributed by atoms with Gasteiger partial charge in [-0.2, -0.15) is 0 Å². The van der Waals surface area contributed by atoms with Crippen LogP contribution in [0.2, 0.25) is 0 Å². The van der Waals surface area contributed by atoms with Gasteiger partial charge in [0.1, 0.15) is 7.85 Å². The molecule has 138 valence electrons. The molecule has 2 aromatic rings. The minimum Gasteiger partial charge on any atom is -0.465 e. The number of anilines is 1. The van der Waals surface area contributed by atoms with Crippen LogP contribution in [0.4, 0.5) is 10.5 Å². The highest BCUT2D eigenvalue weighted by Gasteiger charge is 2.24. The van der Waals surface area contributed by atoms with Crippen molar-refractivity contribution in [3.05, 3.63) is 59.7 Å². The SMILES string of the molecule is [B]c1ccc(N(Cc2ccc(C(=O)OC)cc2)C(=O)N2CCOCC2)cc1. The van der Waals surface area contributed by atoms with E-state index in [1.165, 1.54) is 7.11 Å². The third-order valence-electron chi connectivity index (χ3n) is 4.43. The number of methoxy groups -OCH3 is 1. The van der Waals surface area contributed by atoms with E-state index in [0.717, 1.165) is 11.3 Å². The van der Waals surface area contributed by atoms with Crippen LogP contribution in [-0.2, 0) is 16.0 Å². The van der Waals surface area contributed by atoms with E-state index in [1.807, 2.05) is 24.3 Å². The lowest BCUT2D eigenvalue weighted by Crippen LogP contribution is -2.48. The van der Waals surface area contributed by atoms with Crippen LogP contribution in [-0.4, -0.2) is 58.2 Å². The van der Waals surface area contributed by atoms with Crippen LogP contribution in [0.1, 0.15) is 15.9 Å². The maximum absolute atomic E-state index is 13.1. The van der Waals surface area contributed by atoms with Crippen LogP contribution in [0.3, 0.4) is 0 Å². The number of amides is 2. The molecule has 3 rings (SSSR count). The van der Waals surface area contributed by atoms with Gasteiger partial charge in [0.15, 0.2) is 0 Å². The Bertz CT molecular complexity index is 787. The molecule has 7 heteroatoms. The fourth-order valence-corrected chi connectivity index (χ4v) is 2.90. The lowest BCUT2D eigenvalue weighted by molar-refractivity contribution is 0.0548. The largest absolute Gasteiger partial charge is 0.465 e. The highest BCUT2D eigenvalue weighted by molar-refractivity contribution is 6.32. The topological polar surface area (TPSA) is 59.1 Å². The Hall–Kier alpha value is -2.80. The minimum atomic E-state index is -0.388. The van der Waals surface area contributed by atoms with Crippen LogP contribution in [0.5, 0.6) is 0 Å². The van der Waals surface area contributed by atoms with Crippen molar-refractivity contribution in [3.8, 4) is 0 Å². The Morgan fingerprint density at radius 1 is 1.07 bits per heavy atom. The number of hydrogen-bond donors (Lipinski definition) is 0. The molecule has 1 aliphatic rings. The van der Waals surface area contributed by atoms with Gasteiger partial charge in [-0.05, 0) is 29.8 Å². The van der Waals surface area contributed by atoms with Crippen LogP contribution < -0.4 is 10.4 Å². The first kappa shape index (κ1) is 19.0. The molecular weight excluding hydrogens is 343 g/mol. The number of benzene rings is 2. The van der Waals surface area contributed by atoms with Crippen molar-refractivity contribution in [1.29, 1.82) is 0 Å². The lowest BCUT2D eigenvalue weighted by Gasteiger charge is -2.33. The maximum Gasteiger partial charge on any atom is 0.337 e. The highest BCUT2D eigenvalue weighted by Crippen LogP contribution is 2.19. The molecule has 0 aliphatic carbocycles. The van der Waals surface area contributed by atoms with Gasteiger partial charge >= 0.3 is 12.0 Å². The zero-order valence-corrected chi connectivity index (χ0v) is 15.3. The number of carbonyl (C=O) groups excluding carboxylic acids is 2. The summed E-state index contributed by atoms with van der Waals surface area (Å²) in [5.74, 6) is -0.388. The van der Waals surface area contributed by atoms with E-state index >= 15 is 0 Å². The summed E-state index contributed by atoms with van der Waals surface area (Å²) in [6.07, 6.45) is 0. The second kappa shape index (κ2) is 8.73. The normalized spacial score (nSPS) is 13.9. The van der Waals surface area contributed by atoms with Gasteiger partial charge in [-0.3, -0.25) is 4.90 Å². The van der Waals surface area contributed by atoms with Gasteiger partial charge in [-0.1, -0.05) is 29.7 Å². The Morgan fingerprint density at radius 2 is 1.70 bits per heavy atom. The molecule has 0 aromatic heterocycles. The Labute approximate surface area is 160 Å². The second-order valence-corrected chi connectivity index (χ2v) is 6.25. The van der Waals surface area contributed by atoms with Crippen LogP contribution in [0.15, 0.2) is 48.5 Å². The van der Waals surface area contributed by atoms with E-state index < -0.39 is 0 Å². The second-order valence-electron chi connectivity index (χ2n) is 6.25. The summed E-state index contributed by atoms with van der Waals surface area (Å²) in [5, 5.41) is 0. The minimum absolute atomic E-state index is 0.0832. The van der Waals surface area contributed by atoms with Crippen molar-refractivity contribution in [3.63, 3.8) is 0 Å². The Kier molecular flexibility index (Phi) is 6.14. The first-order valence-electron chi connectivity index (χ1n) is 8.75. The summed E-state index contributed by atoms with van der Waals surface area (Å²) < 4.78 is 10.1. The molecule has 0 bridgehead atoms. The standard InChI is InChI=1S/C20H21BN2O4/c1-26-19(24)16-4-2-15(3-5-16)14-23(18-8-6-17(21)7-9-18)20(25)22-10-12-27-13-11-22/h2-9H,10-14H2,1H3. The molecule has 1 heterocycles. The number of rotatable bonds is 4. The third kappa shape index (κ3) is 4.68. The monoisotopic (exact) mass is 364 g/mol. The van der Waals surface area contributed by atoms with Gasteiger partial charge in [0.05, 0.1) is 32.4 Å². The first-order valence-corrected chi connectivity index (χ1v) is 8.75. The quantitative estimate of drug-likeness (QED) is 0.613. The zero-order chi connectivity index (χ0) is 19.2. The number of esters is 1. The molecule has 0 spiro atoms. The van der Waals surface area contributed by atoms with E-state index in [9.17, 15) is 9.59 Å². The number of hydrogen-bond acceptors (Lipinski definition) is 4. The first-order chi connectivity index (χ1) is 13.1. The number of ether oxygens (including phenoxy) is 2. The van der Waals surface area contributed by atoms with E-state index in [0.29, 0.717) is 43.9 Å².